The predicted molar refractivity (Wildman–Crippen MR) is 108 cm³/mol. The number of amides is 1. The number of halogens is 5. The SMILES string of the molecule is CCOc1ccc(CNC(=O)c2cc3nc(C)cc(C(F)(F)C(F)(F)F)n3n2)cc1OCC. The maximum atomic E-state index is 14.0. The summed E-state index contributed by atoms with van der Waals surface area (Å²) in [6.45, 7) is 5.76. The number of rotatable bonds is 8. The predicted octanol–water partition coefficient (Wildman–Crippen LogP) is 4.42. The van der Waals surface area contributed by atoms with Gasteiger partial charge in [0.05, 0.1) is 13.2 Å². The van der Waals surface area contributed by atoms with E-state index < -0.39 is 23.7 Å². The summed E-state index contributed by atoms with van der Waals surface area (Å²) >= 11 is 0. The molecule has 0 atom stereocenters. The molecule has 7 nitrogen and oxygen atoms in total. The van der Waals surface area contributed by atoms with Crippen LogP contribution in [0.1, 0.15) is 41.3 Å². The summed E-state index contributed by atoms with van der Waals surface area (Å²) in [5.41, 5.74) is -1.52. The van der Waals surface area contributed by atoms with Gasteiger partial charge in [-0.3, -0.25) is 4.79 Å². The number of aryl methyl sites for hydroxylation is 1. The summed E-state index contributed by atoms with van der Waals surface area (Å²) in [5, 5.41) is 6.20. The fourth-order valence-corrected chi connectivity index (χ4v) is 3.06. The van der Waals surface area contributed by atoms with Gasteiger partial charge in [-0.15, -0.1) is 0 Å². The van der Waals surface area contributed by atoms with E-state index in [-0.39, 0.29) is 23.6 Å². The van der Waals surface area contributed by atoms with Gasteiger partial charge in [0.25, 0.3) is 5.91 Å². The van der Waals surface area contributed by atoms with E-state index in [1.165, 1.54) is 6.92 Å². The molecule has 12 heteroatoms. The summed E-state index contributed by atoms with van der Waals surface area (Å²) in [5.74, 6) is -4.94. The Bertz CT molecular complexity index is 1160. The Morgan fingerprint density at radius 3 is 2.33 bits per heavy atom. The first kappa shape index (κ1) is 24.2. The van der Waals surface area contributed by atoms with Crippen LogP contribution in [0.25, 0.3) is 5.65 Å². The van der Waals surface area contributed by atoms with Crippen LogP contribution in [0.5, 0.6) is 11.5 Å². The number of nitrogens with zero attached hydrogens (tertiary/aromatic N) is 3. The Kier molecular flexibility index (Phi) is 6.75. The largest absolute Gasteiger partial charge is 0.490 e. The molecule has 0 bridgehead atoms. The van der Waals surface area contributed by atoms with Crippen LogP contribution in [-0.2, 0) is 12.5 Å². The van der Waals surface area contributed by atoms with Gasteiger partial charge in [-0.05, 0) is 44.5 Å². The van der Waals surface area contributed by atoms with E-state index in [0.717, 1.165) is 6.07 Å². The van der Waals surface area contributed by atoms with E-state index >= 15 is 0 Å². The summed E-state index contributed by atoms with van der Waals surface area (Å²) in [6.07, 6.45) is -5.84. The lowest BCUT2D eigenvalue weighted by Crippen LogP contribution is -2.36. The molecule has 0 saturated heterocycles. The monoisotopic (exact) mass is 472 g/mol. The highest BCUT2D eigenvalue weighted by Crippen LogP contribution is 2.43. The standard InChI is InChI=1S/C21H21F5N4O3/c1-4-32-15-7-6-13(9-16(15)33-5-2)11-27-19(31)14-10-18-28-12(3)8-17(30(18)29-14)20(22,23)21(24,25)26/h6-10H,4-5,11H2,1-3H3,(H,27,31). The van der Waals surface area contributed by atoms with Gasteiger partial charge in [-0.1, -0.05) is 6.07 Å². The fourth-order valence-electron chi connectivity index (χ4n) is 3.06. The van der Waals surface area contributed by atoms with E-state index in [0.29, 0.717) is 40.9 Å². The molecular weight excluding hydrogens is 451 g/mol. The number of alkyl halides is 5. The van der Waals surface area contributed by atoms with Crippen LogP contribution in [0.15, 0.2) is 30.3 Å². The molecular formula is C21H21F5N4O3. The average Bonchev–Trinajstić information content (AvgIpc) is 3.16. The van der Waals surface area contributed by atoms with E-state index in [1.54, 1.807) is 25.1 Å². The second-order valence-corrected chi connectivity index (χ2v) is 6.98. The van der Waals surface area contributed by atoms with E-state index in [4.69, 9.17) is 9.47 Å². The number of fused-ring (bicyclic) bond motifs is 1. The molecule has 0 aliphatic rings. The topological polar surface area (TPSA) is 77.8 Å². The summed E-state index contributed by atoms with van der Waals surface area (Å²) < 4.78 is 78.1. The van der Waals surface area contributed by atoms with Crippen molar-refractivity contribution in [3.05, 3.63) is 53.0 Å². The number of carbonyl (C=O) groups is 1. The van der Waals surface area contributed by atoms with Crippen molar-refractivity contribution < 1.29 is 36.2 Å². The third-order valence-electron chi connectivity index (χ3n) is 4.53. The van der Waals surface area contributed by atoms with Crippen LogP contribution < -0.4 is 14.8 Å². The maximum absolute atomic E-state index is 14.0. The molecule has 3 rings (SSSR count). The number of ether oxygens (including phenoxy) is 2. The van der Waals surface area contributed by atoms with E-state index in [1.807, 2.05) is 6.92 Å². The highest BCUT2D eigenvalue weighted by molar-refractivity contribution is 5.93. The molecule has 0 aliphatic heterocycles. The molecule has 2 aromatic heterocycles. The van der Waals surface area contributed by atoms with Crippen LogP contribution in [-0.4, -0.2) is 39.9 Å². The first-order valence-corrected chi connectivity index (χ1v) is 9.97. The second-order valence-electron chi connectivity index (χ2n) is 6.98. The summed E-state index contributed by atoms with van der Waals surface area (Å²) in [6, 6.07) is 6.68. The van der Waals surface area contributed by atoms with Crippen LogP contribution in [0.3, 0.4) is 0 Å². The van der Waals surface area contributed by atoms with Gasteiger partial charge in [-0.2, -0.15) is 27.1 Å². The zero-order valence-corrected chi connectivity index (χ0v) is 18.0. The lowest BCUT2D eigenvalue weighted by atomic mass is 10.2. The van der Waals surface area contributed by atoms with Crippen molar-refractivity contribution in [3.8, 4) is 11.5 Å². The molecule has 33 heavy (non-hydrogen) atoms. The quantitative estimate of drug-likeness (QED) is 0.491. The Morgan fingerprint density at radius 1 is 1.03 bits per heavy atom. The summed E-state index contributed by atoms with van der Waals surface area (Å²) in [7, 11) is 0. The Balaban J connectivity index is 1.85. The van der Waals surface area contributed by atoms with Crippen LogP contribution >= 0.6 is 0 Å². The second kappa shape index (κ2) is 9.20. The first-order valence-electron chi connectivity index (χ1n) is 9.97. The summed E-state index contributed by atoms with van der Waals surface area (Å²) in [4.78, 5) is 16.4. The van der Waals surface area contributed by atoms with Crippen molar-refractivity contribution in [3.63, 3.8) is 0 Å². The molecule has 0 saturated carbocycles. The minimum atomic E-state index is -5.84. The Hall–Kier alpha value is -3.44. The van der Waals surface area contributed by atoms with E-state index in [2.05, 4.69) is 15.4 Å². The smallest absolute Gasteiger partial charge is 0.459 e. The van der Waals surface area contributed by atoms with Gasteiger partial charge < -0.3 is 14.8 Å². The van der Waals surface area contributed by atoms with Crippen LogP contribution in [0.4, 0.5) is 22.0 Å². The lowest BCUT2D eigenvalue weighted by molar-refractivity contribution is -0.291. The molecule has 2 heterocycles. The molecule has 0 aliphatic carbocycles. The van der Waals surface area contributed by atoms with Crippen LogP contribution in [0.2, 0.25) is 0 Å². The minimum Gasteiger partial charge on any atom is -0.490 e. The Morgan fingerprint density at radius 2 is 1.70 bits per heavy atom. The van der Waals surface area contributed by atoms with Gasteiger partial charge in [0, 0.05) is 18.3 Å². The van der Waals surface area contributed by atoms with Gasteiger partial charge >= 0.3 is 12.1 Å². The lowest BCUT2D eigenvalue weighted by Gasteiger charge is -2.20. The average molecular weight is 472 g/mol. The third-order valence-corrected chi connectivity index (χ3v) is 4.53. The zero-order chi connectivity index (χ0) is 24.4. The minimum absolute atomic E-state index is 0.0250. The molecule has 1 amide bonds. The van der Waals surface area contributed by atoms with Crippen molar-refractivity contribution in [1.29, 1.82) is 0 Å². The van der Waals surface area contributed by atoms with Crippen molar-refractivity contribution in [2.24, 2.45) is 0 Å². The van der Waals surface area contributed by atoms with Gasteiger partial charge in [-0.25, -0.2) is 9.50 Å². The number of hydrogen-bond donors (Lipinski definition) is 1. The number of benzene rings is 1. The van der Waals surface area contributed by atoms with E-state index in [9.17, 15) is 26.7 Å². The zero-order valence-electron chi connectivity index (χ0n) is 18.0. The number of hydrogen-bond acceptors (Lipinski definition) is 5. The van der Waals surface area contributed by atoms with Crippen molar-refractivity contribution >= 4 is 11.6 Å². The molecule has 3 aromatic rings. The molecule has 1 aromatic carbocycles. The normalized spacial score (nSPS) is 12.1. The van der Waals surface area contributed by atoms with Gasteiger partial charge in [0.15, 0.2) is 22.8 Å². The molecule has 1 N–H and O–H groups in total. The molecule has 178 valence electrons. The first-order chi connectivity index (χ1) is 15.5. The highest BCUT2D eigenvalue weighted by atomic mass is 19.4. The Labute approximate surface area is 185 Å². The molecule has 0 fully saturated rings. The number of nitrogens with one attached hydrogen (secondary N) is 1. The molecule has 0 spiro atoms. The van der Waals surface area contributed by atoms with Crippen molar-refractivity contribution in [2.45, 2.75) is 39.4 Å². The van der Waals surface area contributed by atoms with Crippen molar-refractivity contribution in [2.75, 3.05) is 13.2 Å². The number of carbonyl (C=O) groups excluding carboxylic acids is 1. The highest BCUT2D eigenvalue weighted by Gasteiger charge is 2.60. The number of aromatic nitrogens is 3. The van der Waals surface area contributed by atoms with Crippen LogP contribution in [0, 0.1) is 6.92 Å². The van der Waals surface area contributed by atoms with Crippen molar-refractivity contribution in [1.82, 2.24) is 19.9 Å². The fraction of sp³-hybridized carbons (Fsp3) is 0.381. The molecule has 0 radical (unpaired) electrons. The van der Waals surface area contributed by atoms with Gasteiger partial charge in [0.2, 0.25) is 0 Å². The maximum Gasteiger partial charge on any atom is 0.459 e. The third kappa shape index (κ3) is 4.99. The molecule has 0 unspecified atom stereocenters. The van der Waals surface area contributed by atoms with Gasteiger partial charge in [0.1, 0.15) is 5.69 Å².